The minimum absolute atomic E-state index is 0.205. The smallest absolute Gasteiger partial charge is 0.319 e. The molecule has 3 nitrogen and oxygen atoms in total. The van der Waals surface area contributed by atoms with Crippen molar-refractivity contribution in [2.24, 2.45) is 0 Å². The van der Waals surface area contributed by atoms with Gasteiger partial charge in [0.25, 0.3) is 5.24 Å². The van der Waals surface area contributed by atoms with Crippen molar-refractivity contribution in [2.45, 2.75) is 43.4 Å². The van der Waals surface area contributed by atoms with E-state index in [9.17, 15) is 14.0 Å². The molecule has 0 spiro atoms. The van der Waals surface area contributed by atoms with Crippen LogP contribution in [0.1, 0.15) is 37.6 Å². The molecule has 0 bridgehead atoms. The Labute approximate surface area is 140 Å². The van der Waals surface area contributed by atoms with Crippen LogP contribution < -0.4 is 0 Å². The Bertz CT molecular complexity index is 551. The van der Waals surface area contributed by atoms with E-state index in [1.807, 2.05) is 6.92 Å². The van der Waals surface area contributed by atoms with Crippen molar-refractivity contribution in [1.29, 1.82) is 0 Å². The molecule has 1 rings (SSSR count). The van der Waals surface area contributed by atoms with E-state index in [0.717, 1.165) is 0 Å². The normalized spacial score (nSPS) is 12.3. The van der Waals surface area contributed by atoms with E-state index in [4.69, 9.17) is 16.3 Å². The van der Waals surface area contributed by atoms with Crippen LogP contribution in [0.2, 0.25) is 0 Å². The van der Waals surface area contributed by atoms with Gasteiger partial charge in [-0.3, -0.25) is 9.59 Å². The molecule has 0 saturated heterocycles. The summed E-state index contributed by atoms with van der Waals surface area (Å²) in [6.45, 7) is 5.39. The quantitative estimate of drug-likeness (QED) is 0.393. The fraction of sp³-hybridized carbons (Fsp3) is 0.429. The summed E-state index contributed by atoms with van der Waals surface area (Å²) in [6, 6.07) is 2.50. The van der Waals surface area contributed by atoms with Crippen molar-refractivity contribution in [3.05, 3.63) is 28.0 Å². The van der Waals surface area contributed by atoms with Crippen molar-refractivity contribution in [3.8, 4) is 0 Å². The monoisotopic (exact) mass is 396 g/mol. The van der Waals surface area contributed by atoms with E-state index in [-0.39, 0.29) is 17.6 Å². The molecule has 21 heavy (non-hydrogen) atoms. The zero-order chi connectivity index (χ0) is 16.2. The number of thioether (sulfide) groups is 1. The van der Waals surface area contributed by atoms with Crippen LogP contribution in [0, 0.1) is 5.82 Å². The van der Waals surface area contributed by atoms with Gasteiger partial charge in [0.05, 0.1) is 11.7 Å². The second-order valence-electron chi connectivity index (χ2n) is 4.54. The summed E-state index contributed by atoms with van der Waals surface area (Å²) in [5.74, 6) is -1.04. The van der Waals surface area contributed by atoms with Crippen molar-refractivity contribution in [2.75, 3.05) is 0 Å². The third-order valence-corrected chi connectivity index (χ3v) is 5.01. The topological polar surface area (TPSA) is 43.4 Å². The summed E-state index contributed by atoms with van der Waals surface area (Å²) >= 11 is 9.77. The molecule has 7 heteroatoms. The summed E-state index contributed by atoms with van der Waals surface area (Å²) in [5.41, 5.74) is -0.213. The molecule has 1 aromatic carbocycles. The van der Waals surface area contributed by atoms with Crippen molar-refractivity contribution < 1.29 is 18.7 Å². The highest BCUT2D eigenvalue weighted by Gasteiger charge is 2.23. The Morgan fingerprint density at radius 1 is 1.43 bits per heavy atom. The Morgan fingerprint density at radius 2 is 2.05 bits per heavy atom. The van der Waals surface area contributed by atoms with Crippen molar-refractivity contribution in [3.63, 3.8) is 0 Å². The first-order valence-electron chi connectivity index (χ1n) is 6.32. The molecule has 0 amide bonds. The highest BCUT2D eigenvalue weighted by Crippen LogP contribution is 2.35. The summed E-state index contributed by atoms with van der Waals surface area (Å²) in [7, 11) is 0. The van der Waals surface area contributed by atoms with Gasteiger partial charge < -0.3 is 4.74 Å². The first-order valence-corrected chi connectivity index (χ1v) is 8.37. The van der Waals surface area contributed by atoms with Gasteiger partial charge in [0.1, 0.15) is 11.1 Å². The Balaban J connectivity index is 3.02. The number of carbonyl (C=O) groups is 2. The maximum atomic E-state index is 13.6. The number of hydrogen-bond acceptors (Lipinski definition) is 4. The van der Waals surface area contributed by atoms with Crippen LogP contribution in [-0.4, -0.2) is 22.6 Å². The highest BCUT2D eigenvalue weighted by molar-refractivity contribution is 9.10. The van der Waals surface area contributed by atoms with Gasteiger partial charge in [0.15, 0.2) is 0 Å². The van der Waals surface area contributed by atoms with E-state index in [1.165, 1.54) is 23.9 Å². The Kier molecular flexibility index (Phi) is 7.16. The highest BCUT2D eigenvalue weighted by atomic mass is 79.9. The third-order valence-electron chi connectivity index (χ3n) is 2.49. The molecule has 0 aromatic heterocycles. The Hall–Kier alpha value is -0.590. The molecule has 0 aliphatic rings. The van der Waals surface area contributed by atoms with Crippen molar-refractivity contribution >= 4 is 50.5 Å². The molecule has 0 heterocycles. The van der Waals surface area contributed by atoms with E-state index >= 15 is 0 Å². The molecule has 1 atom stereocenters. The number of esters is 1. The fourth-order valence-corrected chi connectivity index (χ4v) is 3.25. The number of carbonyl (C=O) groups excluding carboxylic acids is 2. The van der Waals surface area contributed by atoms with E-state index in [0.29, 0.717) is 15.8 Å². The molecule has 0 fully saturated rings. The van der Waals surface area contributed by atoms with E-state index in [1.54, 1.807) is 13.8 Å². The molecule has 0 N–H and O–H groups in total. The molecule has 0 aliphatic carbocycles. The van der Waals surface area contributed by atoms with Crippen LogP contribution in [-0.2, 0) is 9.53 Å². The fourth-order valence-electron chi connectivity index (χ4n) is 1.53. The minimum Gasteiger partial charge on any atom is -0.462 e. The lowest BCUT2D eigenvalue weighted by molar-refractivity contribution is -0.146. The third kappa shape index (κ3) is 5.27. The molecular weight excluding hydrogens is 383 g/mol. The zero-order valence-corrected chi connectivity index (χ0v) is 14.9. The number of halogens is 3. The van der Waals surface area contributed by atoms with Gasteiger partial charge in [0.2, 0.25) is 0 Å². The maximum absolute atomic E-state index is 13.6. The number of ether oxygens (including phenoxy) is 1. The molecule has 116 valence electrons. The largest absolute Gasteiger partial charge is 0.462 e. The van der Waals surface area contributed by atoms with Crippen LogP contribution >= 0.6 is 39.3 Å². The average Bonchev–Trinajstić information content (AvgIpc) is 2.36. The number of rotatable bonds is 6. The van der Waals surface area contributed by atoms with Gasteiger partial charge in [-0.1, -0.05) is 6.92 Å². The summed E-state index contributed by atoms with van der Waals surface area (Å²) in [6.07, 6.45) is 0.341. The van der Waals surface area contributed by atoms with Crippen LogP contribution in [0.25, 0.3) is 0 Å². The van der Waals surface area contributed by atoms with Gasteiger partial charge >= 0.3 is 5.97 Å². The second-order valence-corrected chi connectivity index (χ2v) is 6.98. The van der Waals surface area contributed by atoms with E-state index in [2.05, 4.69) is 15.9 Å². The van der Waals surface area contributed by atoms with Crippen LogP contribution in [0.15, 0.2) is 21.5 Å². The first kappa shape index (κ1) is 18.5. The van der Waals surface area contributed by atoms with Crippen molar-refractivity contribution in [1.82, 2.24) is 0 Å². The molecule has 0 aliphatic heterocycles. The molecule has 1 unspecified atom stereocenters. The summed E-state index contributed by atoms with van der Waals surface area (Å²) < 4.78 is 19.2. The van der Waals surface area contributed by atoms with Crippen LogP contribution in [0.4, 0.5) is 4.39 Å². The van der Waals surface area contributed by atoms with Crippen LogP contribution in [0.3, 0.4) is 0 Å². The van der Waals surface area contributed by atoms with Gasteiger partial charge in [-0.15, -0.1) is 11.8 Å². The predicted octanol–water partition coefficient (Wildman–Crippen LogP) is 4.79. The average molecular weight is 398 g/mol. The summed E-state index contributed by atoms with van der Waals surface area (Å²) in [4.78, 5) is 23.7. The SMILES string of the molecule is CCC(Sc1cc(C(=O)Cl)c(F)cc1Br)C(=O)OC(C)C. The van der Waals surface area contributed by atoms with Crippen LogP contribution in [0.5, 0.6) is 0 Å². The number of hydrogen-bond donors (Lipinski definition) is 0. The summed E-state index contributed by atoms with van der Waals surface area (Å²) in [5, 5.41) is -1.31. The lowest BCUT2D eigenvalue weighted by atomic mass is 10.2. The van der Waals surface area contributed by atoms with Gasteiger partial charge in [0, 0.05) is 9.37 Å². The lowest BCUT2D eigenvalue weighted by Crippen LogP contribution is -2.22. The molecule has 0 radical (unpaired) electrons. The van der Waals surface area contributed by atoms with Gasteiger partial charge in [-0.05, 0) is 59.9 Å². The second kappa shape index (κ2) is 8.15. The molecular formula is C14H15BrClFO3S. The Morgan fingerprint density at radius 3 is 2.52 bits per heavy atom. The first-order chi connectivity index (χ1) is 9.76. The molecule has 1 aromatic rings. The standard InChI is InChI=1S/C14H15BrClFO3S/c1-4-11(14(19)20-7(2)3)21-12-5-8(13(16)18)10(17)6-9(12)15/h5-7,11H,4H2,1-3H3. The molecule has 0 saturated carbocycles. The van der Waals surface area contributed by atoms with Gasteiger partial charge in [-0.25, -0.2) is 4.39 Å². The minimum atomic E-state index is -0.875. The number of benzene rings is 1. The van der Waals surface area contributed by atoms with Gasteiger partial charge in [-0.2, -0.15) is 0 Å². The maximum Gasteiger partial charge on any atom is 0.319 e. The lowest BCUT2D eigenvalue weighted by Gasteiger charge is -2.17. The predicted molar refractivity (Wildman–Crippen MR) is 85.4 cm³/mol. The van der Waals surface area contributed by atoms with E-state index < -0.39 is 16.3 Å². The zero-order valence-electron chi connectivity index (χ0n) is 11.8.